The van der Waals surface area contributed by atoms with Gasteiger partial charge in [0.25, 0.3) is 0 Å². The van der Waals surface area contributed by atoms with E-state index in [2.05, 4.69) is 18.8 Å². The van der Waals surface area contributed by atoms with Crippen molar-refractivity contribution in [1.82, 2.24) is 14.8 Å². The van der Waals surface area contributed by atoms with Gasteiger partial charge in [-0.15, -0.1) is 0 Å². The van der Waals surface area contributed by atoms with Crippen LogP contribution in [-0.4, -0.2) is 46.9 Å². The van der Waals surface area contributed by atoms with Gasteiger partial charge in [0.05, 0.1) is 6.54 Å². The smallest absolute Gasteiger partial charge is 0.237 e. The second-order valence-electron chi connectivity index (χ2n) is 5.41. The number of aromatic nitrogens is 1. The molecule has 0 saturated heterocycles. The molecule has 4 heteroatoms. The standard InChI is InChI=1S/C17H27N3O/c1-5-7-11-20(15(3)6-2)17(21)14-19(4)13-16-9-8-10-18-12-16/h5,7-10,12,15H,6,11,13-14H2,1-4H3/b7-5+. The van der Waals surface area contributed by atoms with Gasteiger partial charge in [0.15, 0.2) is 0 Å². The van der Waals surface area contributed by atoms with Gasteiger partial charge in [0.2, 0.25) is 5.91 Å². The fraction of sp³-hybridized carbons (Fsp3) is 0.529. The Morgan fingerprint density at radius 3 is 2.81 bits per heavy atom. The van der Waals surface area contributed by atoms with E-state index in [0.29, 0.717) is 13.1 Å². The third kappa shape index (κ3) is 6.08. The minimum absolute atomic E-state index is 0.175. The van der Waals surface area contributed by atoms with E-state index < -0.39 is 0 Å². The summed E-state index contributed by atoms with van der Waals surface area (Å²) in [5, 5.41) is 0. The number of likely N-dealkylation sites (N-methyl/N-ethyl adjacent to an activating group) is 1. The lowest BCUT2D eigenvalue weighted by Gasteiger charge is -2.29. The van der Waals surface area contributed by atoms with E-state index in [-0.39, 0.29) is 11.9 Å². The molecule has 0 fully saturated rings. The van der Waals surface area contributed by atoms with Gasteiger partial charge >= 0.3 is 0 Å². The predicted molar refractivity (Wildman–Crippen MR) is 86.9 cm³/mol. The summed E-state index contributed by atoms with van der Waals surface area (Å²) >= 11 is 0. The third-order valence-corrected chi connectivity index (χ3v) is 3.56. The van der Waals surface area contributed by atoms with Gasteiger partial charge < -0.3 is 4.90 Å². The van der Waals surface area contributed by atoms with Crippen molar-refractivity contribution in [3.05, 3.63) is 42.2 Å². The Morgan fingerprint density at radius 1 is 1.48 bits per heavy atom. The number of pyridine rings is 1. The average molecular weight is 289 g/mol. The van der Waals surface area contributed by atoms with Crippen LogP contribution in [0.5, 0.6) is 0 Å². The summed E-state index contributed by atoms with van der Waals surface area (Å²) in [6.07, 6.45) is 8.59. The molecule has 0 aliphatic rings. The van der Waals surface area contributed by atoms with Crippen LogP contribution in [0.25, 0.3) is 0 Å². The maximum Gasteiger partial charge on any atom is 0.237 e. The van der Waals surface area contributed by atoms with E-state index in [1.54, 1.807) is 6.20 Å². The number of rotatable bonds is 8. The maximum atomic E-state index is 12.5. The molecule has 1 aromatic rings. The van der Waals surface area contributed by atoms with Crippen molar-refractivity contribution >= 4 is 5.91 Å². The van der Waals surface area contributed by atoms with Crippen LogP contribution < -0.4 is 0 Å². The van der Waals surface area contributed by atoms with Crippen molar-refractivity contribution in [2.24, 2.45) is 0 Å². The summed E-state index contributed by atoms with van der Waals surface area (Å²) in [6, 6.07) is 4.21. The van der Waals surface area contributed by atoms with Crippen LogP contribution in [0.15, 0.2) is 36.7 Å². The molecule has 1 amide bonds. The summed E-state index contributed by atoms with van der Waals surface area (Å²) in [7, 11) is 1.97. The van der Waals surface area contributed by atoms with Crippen molar-refractivity contribution in [3.63, 3.8) is 0 Å². The molecule has 21 heavy (non-hydrogen) atoms. The number of nitrogens with zero attached hydrogens (tertiary/aromatic N) is 3. The molecular weight excluding hydrogens is 262 g/mol. The number of carbonyl (C=O) groups excluding carboxylic acids is 1. The Labute approximate surface area is 128 Å². The lowest BCUT2D eigenvalue weighted by molar-refractivity contribution is -0.133. The first-order chi connectivity index (χ1) is 10.1. The first kappa shape index (κ1) is 17.4. The molecule has 1 atom stereocenters. The molecule has 116 valence electrons. The van der Waals surface area contributed by atoms with Crippen LogP contribution in [0.2, 0.25) is 0 Å². The molecule has 0 N–H and O–H groups in total. The fourth-order valence-corrected chi connectivity index (χ4v) is 2.15. The zero-order chi connectivity index (χ0) is 15.7. The molecular formula is C17H27N3O. The summed E-state index contributed by atoms with van der Waals surface area (Å²) in [5.41, 5.74) is 1.12. The van der Waals surface area contributed by atoms with E-state index in [1.807, 2.05) is 54.3 Å². The molecule has 0 aliphatic heterocycles. The highest BCUT2D eigenvalue weighted by molar-refractivity contribution is 5.78. The average Bonchev–Trinajstić information content (AvgIpc) is 2.48. The number of carbonyl (C=O) groups is 1. The molecule has 0 spiro atoms. The van der Waals surface area contributed by atoms with Gasteiger partial charge in [0, 0.05) is 31.5 Å². The van der Waals surface area contributed by atoms with E-state index in [9.17, 15) is 4.79 Å². The van der Waals surface area contributed by atoms with Crippen LogP contribution in [0, 0.1) is 0 Å². The van der Waals surface area contributed by atoms with Gasteiger partial charge in [0.1, 0.15) is 0 Å². The van der Waals surface area contributed by atoms with Crippen molar-refractivity contribution in [3.8, 4) is 0 Å². The lowest BCUT2D eigenvalue weighted by atomic mass is 10.2. The largest absolute Gasteiger partial charge is 0.335 e. The monoisotopic (exact) mass is 289 g/mol. The van der Waals surface area contributed by atoms with Crippen LogP contribution >= 0.6 is 0 Å². The molecule has 0 bridgehead atoms. The molecule has 0 aromatic carbocycles. The van der Waals surface area contributed by atoms with Crippen molar-refractivity contribution in [2.75, 3.05) is 20.1 Å². The van der Waals surface area contributed by atoms with E-state index in [4.69, 9.17) is 0 Å². The van der Waals surface area contributed by atoms with Gasteiger partial charge in [-0.05, 0) is 38.9 Å². The second kappa shape index (κ2) is 9.29. The molecule has 1 heterocycles. The van der Waals surface area contributed by atoms with Crippen LogP contribution in [0.3, 0.4) is 0 Å². The first-order valence-corrected chi connectivity index (χ1v) is 7.56. The summed E-state index contributed by atoms with van der Waals surface area (Å²) in [6.45, 7) is 8.04. The van der Waals surface area contributed by atoms with Crippen molar-refractivity contribution in [1.29, 1.82) is 0 Å². The summed E-state index contributed by atoms with van der Waals surface area (Å²) < 4.78 is 0. The SMILES string of the molecule is C/C=C/CN(C(=O)CN(C)Cc1cccnc1)C(C)CC. The molecule has 0 radical (unpaired) electrons. The highest BCUT2D eigenvalue weighted by Crippen LogP contribution is 2.07. The molecule has 0 saturated carbocycles. The number of hydrogen-bond acceptors (Lipinski definition) is 3. The second-order valence-corrected chi connectivity index (χ2v) is 5.41. The molecule has 0 aliphatic carbocycles. The zero-order valence-electron chi connectivity index (χ0n) is 13.6. The summed E-state index contributed by atoms with van der Waals surface area (Å²) in [4.78, 5) is 20.6. The number of hydrogen-bond donors (Lipinski definition) is 0. The lowest BCUT2D eigenvalue weighted by Crippen LogP contribution is -2.43. The van der Waals surface area contributed by atoms with Crippen LogP contribution in [-0.2, 0) is 11.3 Å². The minimum atomic E-state index is 0.175. The Hall–Kier alpha value is -1.68. The number of allylic oxidation sites excluding steroid dienone is 1. The van der Waals surface area contributed by atoms with Crippen LogP contribution in [0.4, 0.5) is 0 Å². The Morgan fingerprint density at radius 2 is 2.24 bits per heavy atom. The fourth-order valence-electron chi connectivity index (χ4n) is 2.15. The van der Waals surface area contributed by atoms with Gasteiger partial charge in [-0.3, -0.25) is 14.7 Å². The molecule has 4 nitrogen and oxygen atoms in total. The summed E-state index contributed by atoms with van der Waals surface area (Å²) in [5.74, 6) is 0.175. The number of amides is 1. The van der Waals surface area contributed by atoms with Gasteiger partial charge in [-0.25, -0.2) is 0 Å². The van der Waals surface area contributed by atoms with Crippen molar-refractivity contribution < 1.29 is 4.79 Å². The van der Waals surface area contributed by atoms with E-state index >= 15 is 0 Å². The normalized spacial score (nSPS) is 12.8. The Bertz CT molecular complexity index is 445. The highest BCUT2D eigenvalue weighted by atomic mass is 16.2. The third-order valence-electron chi connectivity index (χ3n) is 3.56. The Kier molecular flexibility index (Phi) is 7.69. The first-order valence-electron chi connectivity index (χ1n) is 7.56. The van der Waals surface area contributed by atoms with E-state index in [0.717, 1.165) is 18.5 Å². The van der Waals surface area contributed by atoms with Gasteiger partial charge in [-0.2, -0.15) is 0 Å². The Balaban J connectivity index is 2.59. The quantitative estimate of drug-likeness (QED) is 0.690. The minimum Gasteiger partial charge on any atom is -0.335 e. The van der Waals surface area contributed by atoms with Crippen LogP contribution in [0.1, 0.15) is 32.8 Å². The van der Waals surface area contributed by atoms with Crippen molar-refractivity contribution in [2.45, 2.75) is 39.8 Å². The van der Waals surface area contributed by atoms with E-state index in [1.165, 1.54) is 0 Å². The molecule has 1 aromatic heterocycles. The topological polar surface area (TPSA) is 36.4 Å². The zero-order valence-corrected chi connectivity index (χ0v) is 13.6. The van der Waals surface area contributed by atoms with Gasteiger partial charge in [-0.1, -0.05) is 25.1 Å². The maximum absolute atomic E-state index is 12.5. The molecule has 1 unspecified atom stereocenters. The highest BCUT2D eigenvalue weighted by Gasteiger charge is 2.18. The molecule has 1 rings (SSSR count). The predicted octanol–water partition coefficient (Wildman–Crippen LogP) is 2.72.